The van der Waals surface area contributed by atoms with Gasteiger partial charge in [-0.1, -0.05) is 18.2 Å². The molecule has 3 fully saturated rings. The molecule has 0 spiro atoms. The molecule has 2 bridgehead atoms. The maximum Gasteiger partial charge on any atom is 0.328 e. The molecule has 0 unspecified atom stereocenters. The van der Waals surface area contributed by atoms with E-state index in [1.165, 1.54) is 0 Å². The Balaban J connectivity index is 1.56. The van der Waals surface area contributed by atoms with E-state index in [0.29, 0.717) is 0 Å². The number of para-hydroxylation sites is 1. The second-order valence-corrected chi connectivity index (χ2v) is 10.8. The van der Waals surface area contributed by atoms with E-state index in [2.05, 4.69) is 25.3 Å². The van der Waals surface area contributed by atoms with Crippen LogP contribution >= 0.6 is 0 Å². The molecule has 2 aromatic rings. The Bertz CT molecular complexity index is 1260. The number of nitrogens with one attached hydrogen (secondary N) is 3. The van der Waals surface area contributed by atoms with Gasteiger partial charge in [-0.2, -0.15) is 4.79 Å². The predicted octanol–water partition coefficient (Wildman–Crippen LogP) is 1.77. The van der Waals surface area contributed by atoms with Crippen molar-refractivity contribution < 1.29 is 28.7 Å². The second-order valence-electron chi connectivity index (χ2n) is 10.8. The highest BCUT2D eigenvalue weighted by atomic mass is 16.5. The number of benzene rings is 1. The lowest BCUT2D eigenvalue weighted by Gasteiger charge is -2.47. The Kier molecular flexibility index (Phi) is 8.93. The van der Waals surface area contributed by atoms with Gasteiger partial charge >= 0.3 is 12.2 Å². The van der Waals surface area contributed by atoms with Crippen molar-refractivity contribution in [1.29, 1.82) is 0 Å². The van der Waals surface area contributed by atoms with Crippen molar-refractivity contribution in [2.45, 2.75) is 70.6 Å². The van der Waals surface area contributed by atoms with Crippen LogP contribution in [0.25, 0.3) is 16.4 Å². The zero-order valence-electron chi connectivity index (χ0n) is 22.4. The fraction of sp³-hybridized carbons (Fsp3) is 0.536. The molecule has 208 valence electrons. The molecule has 0 aliphatic carbocycles. The van der Waals surface area contributed by atoms with Crippen LogP contribution in [0.4, 0.5) is 0 Å². The van der Waals surface area contributed by atoms with Gasteiger partial charge in [-0.05, 0) is 70.8 Å². The average Bonchev–Trinajstić information content (AvgIpc) is 3.34. The number of carbonyl (C=O) groups is 4. The third-order valence-electron chi connectivity index (χ3n) is 7.76. The maximum atomic E-state index is 13.7. The summed E-state index contributed by atoms with van der Waals surface area (Å²) in [5.74, 6) is -1.85. The standard InChI is InChI=1S/C28H36N6O5/c1-18(2)39-26(37)23(8-7-20(35)17-31-29)32-25(36)24(15-19-16-30-22-6-4-3-5-21(19)22)33-27(38)28-9-12-34(13-10-28)14-11-28/h3-6,16-18,23-24,30H,7-15H2,1-2H3,(H,32,36)(H,33,38)/t23-,24-/m0/s1. The Morgan fingerprint density at radius 1 is 1.10 bits per heavy atom. The predicted molar refractivity (Wildman–Crippen MR) is 144 cm³/mol. The van der Waals surface area contributed by atoms with Crippen molar-refractivity contribution in [3.8, 4) is 0 Å². The largest absolute Gasteiger partial charge is 0.461 e. The molecule has 1 aromatic carbocycles. The first-order chi connectivity index (χ1) is 18.7. The smallest absolute Gasteiger partial charge is 0.328 e. The van der Waals surface area contributed by atoms with Gasteiger partial charge in [-0.3, -0.25) is 14.4 Å². The topological polar surface area (TPSA) is 157 Å². The van der Waals surface area contributed by atoms with Crippen LogP contribution in [0.5, 0.6) is 0 Å². The molecule has 0 saturated carbocycles. The number of esters is 1. The zero-order valence-corrected chi connectivity index (χ0v) is 22.4. The molecular weight excluding hydrogens is 500 g/mol. The third kappa shape index (κ3) is 6.79. The van der Waals surface area contributed by atoms with Crippen LogP contribution in [0.3, 0.4) is 0 Å². The molecule has 3 aliphatic rings. The molecule has 11 nitrogen and oxygen atoms in total. The first-order valence-electron chi connectivity index (χ1n) is 13.5. The van der Waals surface area contributed by atoms with Crippen LogP contribution in [-0.2, 0) is 30.3 Å². The van der Waals surface area contributed by atoms with Crippen LogP contribution in [0.1, 0.15) is 51.5 Å². The molecule has 3 saturated heterocycles. The molecule has 11 heteroatoms. The third-order valence-corrected chi connectivity index (χ3v) is 7.76. The molecule has 3 aliphatic heterocycles. The SMILES string of the molecule is CC(C)OC(=O)[C@H](CCC(=O)C=[N+]=[N-])NC(=O)[C@H](Cc1c[nH]c2ccccc12)NC(=O)C12CCN(CC1)CC2. The first-order valence-corrected chi connectivity index (χ1v) is 13.5. The fourth-order valence-electron chi connectivity index (χ4n) is 5.46. The highest BCUT2D eigenvalue weighted by Crippen LogP contribution is 2.40. The summed E-state index contributed by atoms with van der Waals surface area (Å²) < 4.78 is 5.32. The first kappa shape index (κ1) is 28.2. The average molecular weight is 537 g/mol. The van der Waals surface area contributed by atoms with Gasteiger partial charge in [0.05, 0.1) is 11.5 Å². The maximum absolute atomic E-state index is 13.7. The number of fused-ring (bicyclic) bond motifs is 4. The second kappa shape index (κ2) is 12.4. The van der Waals surface area contributed by atoms with Crippen LogP contribution < -0.4 is 10.6 Å². The quantitative estimate of drug-likeness (QED) is 0.162. The molecule has 39 heavy (non-hydrogen) atoms. The van der Waals surface area contributed by atoms with Gasteiger partial charge in [-0.15, -0.1) is 0 Å². The molecule has 2 amide bonds. The van der Waals surface area contributed by atoms with Crippen molar-refractivity contribution in [3.05, 3.63) is 41.6 Å². The highest BCUT2D eigenvalue weighted by Gasteiger charge is 2.46. The van der Waals surface area contributed by atoms with Crippen LogP contribution in [-0.4, -0.2) is 82.3 Å². The van der Waals surface area contributed by atoms with Crippen molar-refractivity contribution in [1.82, 2.24) is 20.5 Å². The minimum absolute atomic E-state index is 0.0460. The number of Topliss-reactive ketones (excluding diaryl/α,β-unsaturated/α-hetero) is 1. The van der Waals surface area contributed by atoms with Crippen LogP contribution in [0.2, 0.25) is 0 Å². The monoisotopic (exact) mass is 536 g/mol. The Labute approximate surface area is 227 Å². The Morgan fingerprint density at radius 2 is 1.79 bits per heavy atom. The van der Waals surface area contributed by atoms with Gasteiger partial charge in [0, 0.05) is 29.9 Å². The molecule has 1 aromatic heterocycles. The van der Waals surface area contributed by atoms with E-state index in [4.69, 9.17) is 10.3 Å². The molecular formula is C28H36N6O5. The number of piperidine rings is 3. The van der Waals surface area contributed by atoms with Gasteiger partial charge in [0.1, 0.15) is 12.1 Å². The van der Waals surface area contributed by atoms with E-state index in [9.17, 15) is 19.2 Å². The number of rotatable bonds is 12. The molecule has 5 rings (SSSR count). The van der Waals surface area contributed by atoms with Gasteiger partial charge in [0.15, 0.2) is 0 Å². The highest BCUT2D eigenvalue weighted by molar-refractivity contribution is 6.25. The van der Waals surface area contributed by atoms with E-state index >= 15 is 0 Å². The van der Waals surface area contributed by atoms with E-state index in [1.54, 1.807) is 13.8 Å². The summed E-state index contributed by atoms with van der Waals surface area (Å²) in [5, 5.41) is 6.69. The van der Waals surface area contributed by atoms with E-state index < -0.39 is 41.3 Å². The number of nitrogens with zero attached hydrogens (tertiary/aromatic N) is 3. The molecule has 4 heterocycles. The lowest BCUT2D eigenvalue weighted by Crippen LogP contribution is -2.59. The molecule has 3 N–H and O–H groups in total. The molecule has 2 atom stereocenters. The number of carbonyl (C=O) groups excluding carboxylic acids is 4. The summed E-state index contributed by atoms with van der Waals surface area (Å²) in [6.07, 6.45) is 4.43. The number of aromatic nitrogens is 1. The lowest BCUT2D eigenvalue weighted by atomic mass is 9.71. The van der Waals surface area contributed by atoms with Crippen LogP contribution in [0, 0.1) is 5.41 Å². The number of amides is 2. The van der Waals surface area contributed by atoms with E-state index in [-0.39, 0.29) is 25.2 Å². The Morgan fingerprint density at radius 3 is 2.46 bits per heavy atom. The van der Waals surface area contributed by atoms with Crippen LogP contribution in [0.15, 0.2) is 30.5 Å². The number of H-pyrrole nitrogens is 1. The van der Waals surface area contributed by atoms with Crippen molar-refractivity contribution in [2.75, 3.05) is 19.6 Å². The summed E-state index contributed by atoms with van der Waals surface area (Å²) in [4.78, 5) is 60.3. The van der Waals surface area contributed by atoms with Gasteiger partial charge in [0.25, 0.3) is 0 Å². The normalized spacial score (nSPS) is 21.6. The zero-order chi connectivity index (χ0) is 28.0. The number of hydrogen-bond acceptors (Lipinski definition) is 6. The number of aromatic amines is 1. The minimum Gasteiger partial charge on any atom is -0.461 e. The number of hydrogen-bond donors (Lipinski definition) is 3. The van der Waals surface area contributed by atoms with Gasteiger partial charge in [-0.25, -0.2) is 4.79 Å². The van der Waals surface area contributed by atoms with Gasteiger partial charge < -0.3 is 30.8 Å². The summed E-state index contributed by atoms with van der Waals surface area (Å²) in [5.41, 5.74) is 9.90. The summed E-state index contributed by atoms with van der Waals surface area (Å²) in [7, 11) is 0. The van der Waals surface area contributed by atoms with Crippen molar-refractivity contribution in [3.63, 3.8) is 0 Å². The number of ether oxygens (including phenoxy) is 1. The molecule has 0 radical (unpaired) electrons. The van der Waals surface area contributed by atoms with E-state index in [0.717, 1.165) is 61.6 Å². The lowest BCUT2D eigenvalue weighted by molar-refractivity contribution is -0.152. The Hall–Kier alpha value is -3.82. The fourth-order valence-corrected chi connectivity index (χ4v) is 5.46. The van der Waals surface area contributed by atoms with Crippen molar-refractivity contribution in [2.24, 2.45) is 5.41 Å². The van der Waals surface area contributed by atoms with Crippen molar-refractivity contribution >= 4 is 40.7 Å². The van der Waals surface area contributed by atoms with Gasteiger partial charge in [0.2, 0.25) is 17.6 Å². The summed E-state index contributed by atoms with van der Waals surface area (Å²) in [6, 6.07) is 5.64. The summed E-state index contributed by atoms with van der Waals surface area (Å²) >= 11 is 0. The summed E-state index contributed by atoms with van der Waals surface area (Å²) in [6.45, 7) is 5.97. The number of ketones is 1. The van der Waals surface area contributed by atoms with E-state index in [1.807, 2.05) is 30.5 Å². The minimum atomic E-state index is -1.12.